The first kappa shape index (κ1) is 24.4. The van der Waals surface area contributed by atoms with Gasteiger partial charge in [0.05, 0.1) is 0 Å². The topological polar surface area (TPSA) is 0 Å². The summed E-state index contributed by atoms with van der Waals surface area (Å²) in [4.78, 5) is 0. The van der Waals surface area contributed by atoms with Crippen LogP contribution in [0.4, 0.5) is 0 Å². The average molecular weight is 449 g/mol. The van der Waals surface area contributed by atoms with E-state index in [1.807, 2.05) is 0 Å². The van der Waals surface area contributed by atoms with Gasteiger partial charge in [-0.15, -0.1) is 37.2 Å². The molecule has 0 aliphatic heterocycles. The van der Waals surface area contributed by atoms with Crippen LogP contribution in [0.1, 0.15) is 49.4 Å². The summed E-state index contributed by atoms with van der Waals surface area (Å²) < 4.78 is 2.45. The van der Waals surface area contributed by atoms with Crippen molar-refractivity contribution < 1.29 is 19.7 Å². The van der Waals surface area contributed by atoms with E-state index >= 15 is 0 Å². The molecule has 0 bridgehead atoms. The molecule has 0 heterocycles. The van der Waals surface area contributed by atoms with Crippen molar-refractivity contribution >= 4 is 49.8 Å². The monoisotopic (exact) mass is 446 g/mol. The minimum Gasteiger partial charge on any atom is -0.147 e. The maximum absolute atomic E-state index is 3.41. The Morgan fingerprint density at radius 3 is 1.90 bits per heavy atom. The van der Waals surface area contributed by atoms with Gasteiger partial charge in [0.25, 0.3) is 0 Å². The number of allylic oxidation sites excluding steroid dienone is 1. The van der Waals surface area contributed by atoms with Gasteiger partial charge in [0.2, 0.25) is 0 Å². The zero-order chi connectivity index (χ0) is 13.5. The van der Waals surface area contributed by atoms with Gasteiger partial charge in [0.15, 0.2) is 0 Å². The summed E-state index contributed by atoms with van der Waals surface area (Å²) in [5.41, 5.74) is 4.66. The second-order valence-electron chi connectivity index (χ2n) is 6.26. The second-order valence-corrected chi connectivity index (χ2v) is 24.2. The molecule has 1 aromatic rings. The van der Waals surface area contributed by atoms with Gasteiger partial charge in [-0.1, -0.05) is 0 Å². The largest absolute Gasteiger partial charge is 0.147 e. The molecule has 2 unspecified atom stereocenters. The Kier molecular flexibility index (Phi) is 11.0. The van der Waals surface area contributed by atoms with Crippen molar-refractivity contribution in [2.45, 2.75) is 45.5 Å². The van der Waals surface area contributed by atoms with Crippen LogP contribution in [0, 0.1) is 0 Å². The summed E-state index contributed by atoms with van der Waals surface area (Å²) in [5, 5.41) is 0. The number of benzene rings is 1. The SMILES string of the molecule is CC1=Cc2ccccc2[CH]1[Zr]([PH2])([CH](C)C)[CH](C)C.Cl.Cl.Cl. The van der Waals surface area contributed by atoms with Crippen molar-refractivity contribution in [1.29, 1.82) is 0 Å². The fraction of sp³-hybridized carbons (Fsp3) is 0.500. The third-order valence-electron chi connectivity index (χ3n) is 4.65. The standard InChI is InChI=1S/C10H9.2C3H7.3ClH.H2P.Zr/c1-8-6-9-4-2-3-5-10(9)7-8;2*1-3-2;;;;;/h2-7H,1H3;2*3H,1-2H3;3*1H;1H2;/q;;;;;;-1;+1. The summed E-state index contributed by atoms with van der Waals surface area (Å²) in [7, 11) is 0. The van der Waals surface area contributed by atoms with Gasteiger partial charge in [-0.2, -0.15) is 0 Å². The summed E-state index contributed by atoms with van der Waals surface area (Å²) >= 11 is -2.30. The van der Waals surface area contributed by atoms with Gasteiger partial charge < -0.3 is 0 Å². The van der Waals surface area contributed by atoms with Gasteiger partial charge in [-0.05, 0) is 0 Å². The minimum atomic E-state index is -2.30. The molecule has 1 aliphatic carbocycles. The molecule has 0 N–H and O–H groups in total. The average Bonchev–Trinajstić information content (AvgIpc) is 2.63. The van der Waals surface area contributed by atoms with Gasteiger partial charge in [-0.3, -0.25) is 0 Å². The third-order valence-corrected chi connectivity index (χ3v) is 28.7. The molecular formula is C16H28Cl3PZr. The van der Waals surface area contributed by atoms with Gasteiger partial charge in [0, 0.05) is 0 Å². The van der Waals surface area contributed by atoms with Crippen LogP contribution in [0.5, 0.6) is 0 Å². The van der Waals surface area contributed by atoms with Crippen molar-refractivity contribution in [2.75, 3.05) is 0 Å². The first-order chi connectivity index (χ1) is 8.39. The number of hydrogen-bond donors (Lipinski definition) is 0. The molecule has 1 aliphatic rings. The summed E-state index contributed by atoms with van der Waals surface area (Å²) in [6, 6.07) is 9.00. The summed E-state index contributed by atoms with van der Waals surface area (Å²) in [5.74, 6) is 0. The molecule has 2 atom stereocenters. The molecule has 0 nitrogen and oxygen atoms in total. The molecule has 0 saturated heterocycles. The van der Waals surface area contributed by atoms with Crippen molar-refractivity contribution in [3.63, 3.8) is 0 Å². The molecule has 0 saturated carbocycles. The molecule has 5 heteroatoms. The molecule has 0 amide bonds. The first-order valence-corrected chi connectivity index (χ1v) is 16.0. The van der Waals surface area contributed by atoms with E-state index in [2.05, 4.69) is 71.5 Å². The number of rotatable bonds is 3. The Morgan fingerprint density at radius 1 is 0.952 bits per heavy atom. The molecule has 0 spiro atoms. The Labute approximate surface area is 155 Å². The first-order valence-electron chi connectivity index (χ1n) is 6.95. The number of fused-ring (bicyclic) bond motifs is 1. The van der Waals surface area contributed by atoms with Crippen molar-refractivity contribution in [3.8, 4) is 0 Å². The Hall–Kier alpha value is 1.14. The maximum atomic E-state index is 3.41. The fourth-order valence-electron chi connectivity index (χ4n) is 3.48. The van der Waals surface area contributed by atoms with E-state index in [0.29, 0.717) is 0 Å². The molecular weight excluding hydrogens is 421 g/mol. The maximum Gasteiger partial charge on any atom is -0.147 e. The van der Waals surface area contributed by atoms with E-state index < -0.39 is 19.7 Å². The van der Waals surface area contributed by atoms with E-state index in [9.17, 15) is 0 Å². The number of hydrogen-bond acceptors (Lipinski definition) is 0. The summed E-state index contributed by atoms with van der Waals surface area (Å²) in [6.45, 7) is 15.5. The van der Waals surface area contributed by atoms with Gasteiger partial charge >= 0.3 is 119 Å². The number of halogens is 3. The molecule has 0 aromatic heterocycles. The Bertz CT molecular complexity index is 478. The van der Waals surface area contributed by atoms with Crippen LogP contribution in [0.2, 0.25) is 7.25 Å². The molecule has 0 radical (unpaired) electrons. The Morgan fingerprint density at radius 2 is 1.43 bits per heavy atom. The van der Waals surface area contributed by atoms with Gasteiger partial charge in [0.1, 0.15) is 0 Å². The van der Waals surface area contributed by atoms with Crippen LogP contribution < -0.4 is 0 Å². The van der Waals surface area contributed by atoms with E-state index in [1.165, 1.54) is 5.56 Å². The van der Waals surface area contributed by atoms with Gasteiger partial charge in [-0.25, -0.2) is 0 Å². The molecule has 122 valence electrons. The molecule has 21 heavy (non-hydrogen) atoms. The molecule has 2 rings (SSSR count). The predicted octanol–water partition coefficient (Wildman–Crippen LogP) is 7.01. The second kappa shape index (κ2) is 9.44. The van der Waals surface area contributed by atoms with E-state index in [1.54, 1.807) is 11.1 Å². The van der Waals surface area contributed by atoms with Crippen molar-refractivity contribution in [1.82, 2.24) is 0 Å². The fourth-order valence-corrected chi connectivity index (χ4v) is 16.8. The summed E-state index contributed by atoms with van der Waals surface area (Å²) in [6.07, 6.45) is 2.42. The third kappa shape index (κ3) is 4.36. The van der Waals surface area contributed by atoms with Crippen molar-refractivity contribution in [2.24, 2.45) is 0 Å². The quantitative estimate of drug-likeness (QED) is 0.436. The van der Waals surface area contributed by atoms with Crippen LogP contribution >= 0.6 is 43.8 Å². The predicted molar refractivity (Wildman–Crippen MR) is 104 cm³/mol. The van der Waals surface area contributed by atoms with Crippen LogP contribution in [0.3, 0.4) is 0 Å². The Balaban J connectivity index is 0. The van der Waals surface area contributed by atoms with Crippen LogP contribution in [0.25, 0.3) is 6.08 Å². The van der Waals surface area contributed by atoms with Crippen LogP contribution in [-0.2, 0) is 19.7 Å². The van der Waals surface area contributed by atoms with E-state index in [4.69, 9.17) is 0 Å². The van der Waals surface area contributed by atoms with E-state index in [-0.39, 0.29) is 37.2 Å². The van der Waals surface area contributed by atoms with E-state index in [0.717, 1.165) is 10.9 Å². The smallest absolute Gasteiger partial charge is 0.147 e. The zero-order valence-electron chi connectivity index (χ0n) is 13.4. The normalized spacial score (nSPS) is 16.6. The molecule has 0 fully saturated rings. The van der Waals surface area contributed by atoms with Crippen LogP contribution in [0.15, 0.2) is 29.8 Å². The molecule has 1 aromatic carbocycles. The minimum absolute atomic E-state index is 0. The zero-order valence-corrected chi connectivity index (χ0v) is 19.5. The van der Waals surface area contributed by atoms with Crippen LogP contribution in [-0.4, -0.2) is 0 Å². The van der Waals surface area contributed by atoms with Crippen molar-refractivity contribution in [3.05, 3.63) is 41.0 Å².